The number of fused-ring (bicyclic) bond motifs is 1. The van der Waals surface area contributed by atoms with Crippen molar-refractivity contribution in [2.75, 3.05) is 31.2 Å². The van der Waals surface area contributed by atoms with E-state index in [1.54, 1.807) is 29.4 Å². The minimum atomic E-state index is -4.56. The number of piperidine rings is 1. The molecule has 2 amide bonds. The average Bonchev–Trinajstić information content (AvgIpc) is 3.39. The molecule has 0 aliphatic carbocycles. The summed E-state index contributed by atoms with van der Waals surface area (Å²) in [6.07, 6.45) is 2.19. The first kappa shape index (κ1) is 28.4. The van der Waals surface area contributed by atoms with Crippen molar-refractivity contribution in [3.8, 4) is 11.3 Å². The van der Waals surface area contributed by atoms with Gasteiger partial charge in [0.2, 0.25) is 0 Å². The molecular weight excluding hydrogens is 551 g/mol. The number of hydrogen-bond acceptors (Lipinski definition) is 8. The molecule has 0 unspecified atom stereocenters. The number of anilines is 2. The number of halogens is 3. The third-order valence-electron chi connectivity index (χ3n) is 7.03. The van der Waals surface area contributed by atoms with E-state index < -0.39 is 17.6 Å². The van der Waals surface area contributed by atoms with Crippen LogP contribution in [0.5, 0.6) is 0 Å². The summed E-state index contributed by atoms with van der Waals surface area (Å²) in [5.41, 5.74) is 7.36. The lowest BCUT2D eigenvalue weighted by Gasteiger charge is -2.32. The van der Waals surface area contributed by atoms with Gasteiger partial charge in [0.25, 0.3) is 11.8 Å². The molecule has 0 radical (unpaired) electrons. The maximum absolute atomic E-state index is 13.0. The van der Waals surface area contributed by atoms with Gasteiger partial charge in [-0.05, 0) is 37.1 Å². The van der Waals surface area contributed by atoms with E-state index in [-0.39, 0.29) is 34.7 Å². The second-order valence-electron chi connectivity index (χ2n) is 9.65. The Morgan fingerprint density at radius 2 is 1.93 bits per heavy atom. The lowest BCUT2D eigenvalue weighted by atomic mass is 9.97. The Bertz CT molecular complexity index is 1700. The summed E-state index contributed by atoms with van der Waals surface area (Å²) in [7, 11) is 1.47. The molecule has 4 aromatic rings. The Morgan fingerprint density at radius 3 is 2.62 bits per heavy atom. The Hall–Kier alpha value is -5.14. The maximum Gasteiger partial charge on any atom is 0.416 e. The number of carbonyl (C=O) groups is 2. The number of imidazole rings is 1. The fourth-order valence-electron chi connectivity index (χ4n) is 4.98. The average molecular weight is 578 g/mol. The number of nitrogen functional groups attached to an aromatic ring is 1. The first-order chi connectivity index (χ1) is 20.1. The van der Waals surface area contributed by atoms with Crippen LogP contribution in [0.15, 0.2) is 60.0 Å². The number of hydrogen-bond donors (Lipinski definition) is 3. The van der Waals surface area contributed by atoms with Crippen LogP contribution in [0.25, 0.3) is 16.8 Å². The van der Waals surface area contributed by atoms with Crippen molar-refractivity contribution in [2.24, 2.45) is 4.99 Å². The number of nitrogens with two attached hydrogens (primary N) is 1. The molecule has 4 N–H and O–H groups in total. The van der Waals surface area contributed by atoms with Crippen LogP contribution >= 0.6 is 0 Å². The number of rotatable bonds is 6. The quantitative estimate of drug-likeness (QED) is 0.294. The van der Waals surface area contributed by atoms with Crippen LogP contribution < -0.4 is 11.1 Å². The topological polar surface area (TPSA) is 155 Å². The number of nitrogens with one attached hydrogen (secondary N) is 2. The van der Waals surface area contributed by atoms with Crippen LogP contribution in [0, 0.1) is 5.41 Å². The minimum Gasteiger partial charge on any atom is -0.382 e. The first-order valence-corrected chi connectivity index (χ1v) is 12.9. The highest BCUT2D eigenvalue weighted by atomic mass is 19.4. The number of aliphatic imine (C=N–C) groups is 1. The Kier molecular flexibility index (Phi) is 7.70. The zero-order chi connectivity index (χ0) is 30.0. The largest absolute Gasteiger partial charge is 0.416 e. The zero-order valence-electron chi connectivity index (χ0n) is 22.4. The Morgan fingerprint density at radius 1 is 1.17 bits per heavy atom. The van der Waals surface area contributed by atoms with E-state index in [4.69, 9.17) is 16.1 Å². The summed E-state index contributed by atoms with van der Waals surface area (Å²) in [5.74, 6) is -0.351. The fraction of sp³-hybridized carbons (Fsp3) is 0.250. The van der Waals surface area contributed by atoms with E-state index in [2.05, 4.69) is 20.3 Å². The van der Waals surface area contributed by atoms with Crippen LogP contribution in [-0.2, 0) is 11.0 Å². The Labute approximate surface area is 237 Å². The molecule has 1 aliphatic rings. The van der Waals surface area contributed by atoms with Gasteiger partial charge in [0.15, 0.2) is 0 Å². The highest BCUT2D eigenvalue weighted by Gasteiger charge is 2.32. The molecule has 42 heavy (non-hydrogen) atoms. The number of pyridine rings is 1. The number of amides is 2. The summed E-state index contributed by atoms with van der Waals surface area (Å²) >= 11 is 0. The molecule has 3 aromatic heterocycles. The van der Waals surface area contributed by atoms with Crippen molar-refractivity contribution in [1.82, 2.24) is 24.3 Å². The zero-order valence-corrected chi connectivity index (χ0v) is 22.4. The van der Waals surface area contributed by atoms with Crippen molar-refractivity contribution < 1.29 is 22.8 Å². The molecule has 1 saturated heterocycles. The molecule has 0 bridgehead atoms. The lowest BCUT2D eigenvalue weighted by Crippen LogP contribution is -2.43. The molecule has 216 valence electrons. The number of aromatic nitrogens is 4. The van der Waals surface area contributed by atoms with E-state index in [1.807, 2.05) is 4.40 Å². The molecule has 1 aliphatic heterocycles. The van der Waals surface area contributed by atoms with Crippen LogP contribution in [-0.4, -0.2) is 68.1 Å². The predicted molar refractivity (Wildman–Crippen MR) is 151 cm³/mol. The number of alkyl halides is 3. The molecule has 5 rings (SSSR count). The number of nitrogens with zero attached hydrogens (tertiary/aromatic N) is 6. The van der Waals surface area contributed by atoms with Gasteiger partial charge < -0.3 is 21.4 Å². The molecule has 1 atom stereocenters. The normalized spacial score (nSPS) is 16.0. The summed E-state index contributed by atoms with van der Waals surface area (Å²) < 4.78 is 40.9. The van der Waals surface area contributed by atoms with Gasteiger partial charge in [-0.1, -0.05) is 12.1 Å². The van der Waals surface area contributed by atoms with Crippen molar-refractivity contribution in [1.29, 1.82) is 5.41 Å². The molecule has 14 heteroatoms. The van der Waals surface area contributed by atoms with Gasteiger partial charge in [0.1, 0.15) is 34.4 Å². The standard InChI is InChI=1S/C28H26F3N9O2/c1-34-20(14-32)27(42)39-11-2-3-18(15-39)25-38-22(23-24(33)36-10-12-40(23)25)16-4-6-17(7-5-16)26(41)37-21-13-19(8-9-35-21)28(29,30)31/h4-10,12-14,18,32H,2-3,11,15H2,1H3,(H2,33,36)(H,35,37,41)/t18-/m1/s1. The molecule has 1 fully saturated rings. The van der Waals surface area contributed by atoms with Gasteiger partial charge in [-0.3, -0.25) is 19.0 Å². The fourth-order valence-corrected chi connectivity index (χ4v) is 4.98. The highest BCUT2D eigenvalue weighted by molar-refractivity contribution is 6.60. The van der Waals surface area contributed by atoms with Crippen molar-refractivity contribution in [3.05, 3.63) is 71.9 Å². The molecular formula is C28H26F3N9O2. The SMILES string of the molecule is CN=C(C=N)C(=O)N1CCC[C@@H](c2nc(-c3ccc(C(=O)Nc4cc(C(F)(F)F)ccn4)cc3)c3c(N)nccn23)C1. The number of carbonyl (C=O) groups excluding carboxylic acids is 2. The van der Waals surface area contributed by atoms with Crippen molar-refractivity contribution >= 4 is 40.9 Å². The Balaban J connectivity index is 1.42. The molecule has 4 heterocycles. The number of benzene rings is 1. The molecule has 11 nitrogen and oxygen atoms in total. The highest BCUT2D eigenvalue weighted by Crippen LogP contribution is 2.34. The van der Waals surface area contributed by atoms with Crippen LogP contribution in [0.3, 0.4) is 0 Å². The van der Waals surface area contributed by atoms with E-state index in [1.165, 1.54) is 19.2 Å². The van der Waals surface area contributed by atoms with Crippen LogP contribution in [0.1, 0.15) is 40.5 Å². The lowest BCUT2D eigenvalue weighted by molar-refractivity contribution is -0.137. The molecule has 1 aromatic carbocycles. The second-order valence-corrected chi connectivity index (χ2v) is 9.65. The van der Waals surface area contributed by atoms with Gasteiger partial charge in [-0.2, -0.15) is 13.2 Å². The summed E-state index contributed by atoms with van der Waals surface area (Å²) in [6, 6.07) is 7.97. The van der Waals surface area contributed by atoms with Crippen molar-refractivity contribution in [3.63, 3.8) is 0 Å². The van der Waals surface area contributed by atoms with Crippen molar-refractivity contribution in [2.45, 2.75) is 24.9 Å². The van der Waals surface area contributed by atoms with E-state index >= 15 is 0 Å². The molecule has 0 spiro atoms. The first-order valence-electron chi connectivity index (χ1n) is 12.9. The van der Waals surface area contributed by atoms with Gasteiger partial charge in [-0.25, -0.2) is 15.0 Å². The second kappa shape index (κ2) is 11.4. The van der Waals surface area contributed by atoms with Crippen LogP contribution in [0.4, 0.5) is 24.8 Å². The van der Waals surface area contributed by atoms with Crippen LogP contribution in [0.2, 0.25) is 0 Å². The van der Waals surface area contributed by atoms with Gasteiger partial charge in [-0.15, -0.1) is 0 Å². The van der Waals surface area contributed by atoms with Gasteiger partial charge in [0, 0.05) is 62.0 Å². The predicted octanol–water partition coefficient (Wildman–Crippen LogP) is 4.07. The van der Waals surface area contributed by atoms with E-state index in [9.17, 15) is 22.8 Å². The maximum atomic E-state index is 13.0. The summed E-state index contributed by atoms with van der Waals surface area (Å²) in [5, 5.41) is 9.86. The summed E-state index contributed by atoms with van der Waals surface area (Å²) in [4.78, 5) is 44.1. The monoisotopic (exact) mass is 577 g/mol. The third kappa shape index (κ3) is 5.55. The van der Waals surface area contributed by atoms with E-state index in [0.717, 1.165) is 37.4 Å². The third-order valence-corrected chi connectivity index (χ3v) is 7.03. The molecule has 0 saturated carbocycles. The minimum absolute atomic E-state index is 0.0747. The van der Waals surface area contributed by atoms with Gasteiger partial charge in [0.05, 0.1) is 5.56 Å². The van der Waals surface area contributed by atoms with Gasteiger partial charge >= 0.3 is 6.18 Å². The summed E-state index contributed by atoms with van der Waals surface area (Å²) in [6.45, 7) is 0.927. The number of likely N-dealkylation sites (tertiary alicyclic amines) is 1. The van der Waals surface area contributed by atoms with E-state index in [0.29, 0.717) is 35.7 Å². The smallest absolute Gasteiger partial charge is 0.382 e.